The van der Waals surface area contributed by atoms with Crippen LogP contribution in [-0.2, 0) is 19.1 Å². The van der Waals surface area contributed by atoms with Gasteiger partial charge in [-0.1, -0.05) is 6.07 Å². The monoisotopic (exact) mass is 448 g/mol. The van der Waals surface area contributed by atoms with Gasteiger partial charge in [0.05, 0.1) is 23.2 Å². The molecule has 0 radical (unpaired) electrons. The molecule has 0 spiro atoms. The van der Waals surface area contributed by atoms with Crippen LogP contribution in [0.1, 0.15) is 6.92 Å². The van der Waals surface area contributed by atoms with Gasteiger partial charge in [0.1, 0.15) is 22.1 Å². The van der Waals surface area contributed by atoms with Crippen LogP contribution in [-0.4, -0.2) is 44.1 Å². The Kier molecular flexibility index (Phi) is 7.31. The van der Waals surface area contributed by atoms with E-state index >= 15 is 0 Å². The summed E-state index contributed by atoms with van der Waals surface area (Å²) in [6, 6.07) is 10.5. The number of thioether (sulfide) groups is 1. The van der Waals surface area contributed by atoms with Gasteiger partial charge in [-0.3, -0.25) is 14.4 Å². The average Bonchev–Trinajstić information content (AvgIpc) is 3.22. The molecule has 0 aliphatic carbocycles. The fourth-order valence-electron chi connectivity index (χ4n) is 2.35. The molecule has 1 aromatic heterocycles. The number of carbonyl (C=O) groups is 3. The quantitative estimate of drug-likeness (QED) is 0.510. The van der Waals surface area contributed by atoms with Crippen molar-refractivity contribution in [3.8, 4) is 0 Å². The van der Waals surface area contributed by atoms with Gasteiger partial charge in [0.2, 0.25) is 5.91 Å². The zero-order chi connectivity index (χ0) is 21.5. The Morgan fingerprint density at radius 1 is 1.10 bits per heavy atom. The van der Waals surface area contributed by atoms with Gasteiger partial charge >= 0.3 is 5.97 Å². The summed E-state index contributed by atoms with van der Waals surface area (Å²) in [6.07, 6.45) is 0. The van der Waals surface area contributed by atoms with Crippen molar-refractivity contribution in [3.05, 3.63) is 48.3 Å². The van der Waals surface area contributed by atoms with E-state index < -0.39 is 29.6 Å². The number of amides is 2. The first-order chi connectivity index (χ1) is 14.4. The Hall–Kier alpha value is -3.05. The molecule has 0 saturated heterocycles. The first-order valence-electron chi connectivity index (χ1n) is 8.77. The maximum absolute atomic E-state index is 12.9. The molecule has 0 fully saturated rings. The van der Waals surface area contributed by atoms with E-state index in [0.717, 1.165) is 23.5 Å². The molecule has 0 aliphatic heterocycles. The molecule has 30 heavy (non-hydrogen) atoms. The molecule has 8 nitrogen and oxygen atoms in total. The lowest BCUT2D eigenvalue weighted by Crippen LogP contribution is -2.26. The van der Waals surface area contributed by atoms with E-state index in [1.165, 1.54) is 24.3 Å². The SMILES string of the molecule is CC(SCC(=O)Nc1ccc(F)cc1)C(=O)OCC(=O)Nc1cccc2nsnc12. The normalized spacial score (nSPS) is 11.7. The van der Waals surface area contributed by atoms with Gasteiger partial charge in [0.25, 0.3) is 5.91 Å². The Bertz CT molecular complexity index is 1060. The second-order valence-corrected chi connectivity index (χ2v) is 7.96. The Morgan fingerprint density at radius 2 is 1.87 bits per heavy atom. The van der Waals surface area contributed by atoms with E-state index in [9.17, 15) is 18.8 Å². The smallest absolute Gasteiger partial charge is 0.319 e. The number of benzene rings is 2. The zero-order valence-corrected chi connectivity index (χ0v) is 17.4. The number of aromatic nitrogens is 2. The van der Waals surface area contributed by atoms with Gasteiger partial charge in [0.15, 0.2) is 6.61 Å². The summed E-state index contributed by atoms with van der Waals surface area (Å²) < 4.78 is 26.1. The van der Waals surface area contributed by atoms with Crippen LogP contribution in [0.5, 0.6) is 0 Å². The first-order valence-corrected chi connectivity index (χ1v) is 10.5. The highest BCUT2D eigenvalue weighted by Gasteiger charge is 2.18. The summed E-state index contributed by atoms with van der Waals surface area (Å²) in [5, 5.41) is 4.59. The summed E-state index contributed by atoms with van der Waals surface area (Å²) >= 11 is 2.10. The van der Waals surface area contributed by atoms with Crippen LogP contribution in [0.4, 0.5) is 15.8 Å². The van der Waals surface area contributed by atoms with Crippen LogP contribution in [0.15, 0.2) is 42.5 Å². The number of halogens is 1. The molecule has 1 heterocycles. The number of esters is 1. The van der Waals surface area contributed by atoms with Crippen molar-refractivity contribution in [2.24, 2.45) is 0 Å². The maximum Gasteiger partial charge on any atom is 0.319 e. The summed E-state index contributed by atoms with van der Waals surface area (Å²) in [5.41, 5.74) is 2.18. The topological polar surface area (TPSA) is 110 Å². The van der Waals surface area contributed by atoms with Gasteiger partial charge in [-0.15, -0.1) is 11.8 Å². The van der Waals surface area contributed by atoms with E-state index in [4.69, 9.17) is 4.74 Å². The van der Waals surface area contributed by atoms with E-state index in [1.54, 1.807) is 25.1 Å². The van der Waals surface area contributed by atoms with E-state index in [2.05, 4.69) is 19.4 Å². The highest BCUT2D eigenvalue weighted by atomic mass is 32.2. The zero-order valence-electron chi connectivity index (χ0n) is 15.8. The molecular formula is C19H17FN4O4S2. The number of hydrogen-bond donors (Lipinski definition) is 2. The molecule has 0 saturated carbocycles. The van der Waals surface area contributed by atoms with Gasteiger partial charge in [-0.2, -0.15) is 8.75 Å². The van der Waals surface area contributed by atoms with Gasteiger partial charge in [-0.05, 0) is 43.3 Å². The molecule has 1 atom stereocenters. The van der Waals surface area contributed by atoms with Gasteiger partial charge < -0.3 is 15.4 Å². The van der Waals surface area contributed by atoms with Gasteiger partial charge in [0, 0.05) is 5.69 Å². The number of nitrogens with zero attached hydrogens (tertiary/aromatic N) is 2. The molecule has 3 rings (SSSR count). The highest BCUT2D eigenvalue weighted by Crippen LogP contribution is 2.21. The molecular weight excluding hydrogens is 431 g/mol. The van der Waals surface area contributed by atoms with E-state index in [0.29, 0.717) is 22.4 Å². The summed E-state index contributed by atoms with van der Waals surface area (Å²) in [4.78, 5) is 36.1. The molecule has 0 bridgehead atoms. The van der Waals surface area contributed by atoms with Crippen molar-refractivity contribution in [2.75, 3.05) is 23.0 Å². The summed E-state index contributed by atoms with van der Waals surface area (Å²) in [7, 11) is 0. The molecule has 3 aromatic rings. The van der Waals surface area contributed by atoms with Crippen LogP contribution in [0.3, 0.4) is 0 Å². The van der Waals surface area contributed by atoms with Crippen molar-refractivity contribution in [3.63, 3.8) is 0 Å². The van der Waals surface area contributed by atoms with Crippen LogP contribution in [0.25, 0.3) is 11.0 Å². The summed E-state index contributed by atoms with van der Waals surface area (Å²) in [5.74, 6) is -1.86. The minimum Gasteiger partial charge on any atom is -0.455 e. The predicted octanol–water partition coefficient (Wildman–Crippen LogP) is 3.07. The number of hydrogen-bond acceptors (Lipinski definition) is 8. The Morgan fingerprint density at radius 3 is 2.63 bits per heavy atom. The van der Waals surface area contributed by atoms with E-state index in [1.807, 2.05) is 0 Å². The van der Waals surface area contributed by atoms with E-state index in [-0.39, 0.29) is 11.7 Å². The fourth-order valence-corrected chi connectivity index (χ4v) is 3.57. The van der Waals surface area contributed by atoms with Crippen molar-refractivity contribution >= 4 is 63.7 Å². The molecule has 156 valence electrons. The minimum absolute atomic E-state index is 0.00133. The highest BCUT2D eigenvalue weighted by molar-refractivity contribution is 8.01. The third-order valence-corrected chi connectivity index (χ3v) is 5.49. The summed E-state index contributed by atoms with van der Waals surface area (Å²) in [6.45, 7) is 1.12. The second-order valence-electron chi connectivity index (χ2n) is 6.10. The third kappa shape index (κ3) is 5.97. The van der Waals surface area contributed by atoms with Crippen molar-refractivity contribution in [1.82, 2.24) is 8.75 Å². The molecule has 1 unspecified atom stereocenters. The number of rotatable bonds is 8. The lowest BCUT2D eigenvalue weighted by Gasteiger charge is -2.12. The van der Waals surface area contributed by atoms with Crippen molar-refractivity contribution < 1.29 is 23.5 Å². The standard InChI is InChI=1S/C19H17FN4O4S2/c1-11(29-10-17(26)21-13-7-5-12(20)6-8-13)19(27)28-9-16(25)22-14-3-2-4-15-18(14)24-30-23-15/h2-8,11H,9-10H2,1H3,(H,21,26)(H,22,25). The fraction of sp³-hybridized carbons (Fsp3) is 0.211. The number of fused-ring (bicyclic) bond motifs is 1. The largest absolute Gasteiger partial charge is 0.455 e. The molecule has 0 aliphatic rings. The third-order valence-electron chi connectivity index (χ3n) is 3.83. The molecule has 11 heteroatoms. The second kappa shape index (κ2) is 10.1. The lowest BCUT2D eigenvalue weighted by atomic mass is 10.2. The van der Waals surface area contributed by atoms with Crippen LogP contribution < -0.4 is 10.6 Å². The van der Waals surface area contributed by atoms with Crippen LogP contribution >= 0.6 is 23.5 Å². The lowest BCUT2D eigenvalue weighted by molar-refractivity contribution is -0.146. The molecule has 2 amide bonds. The minimum atomic E-state index is -0.650. The number of carbonyl (C=O) groups excluding carboxylic acids is 3. The Balaban J connectivity index is 1.40. The molecule has 2 aromatic carbocycles. The predicted molar refractivity (Wildman–Crippen MR) is 114 cm³/mol. The van der Waals surface area contributed by atoms with Crippen molar-refractivity contribution in [2.45, 2.75) is 12.2 Å². The maximum atomic E-state index is 12.9. The average molecular weight is 449 g/mol. The molecule has 2 N–H and O–H groups in total. The van der Waals surface area contributed by atoms with Crippen LogP contribution in [0, 0.1) is 5.82 Å². The van der Waals surface area contributed by atoms with Crippen molar-refractivity contribution in [1.29, 1.82) is 0 Å². The number of nitrogens with one attached hydrogen (secondary N) is 2. The van der Waals surface area contributed by atoms with Crippen LogP contribution in [0.2, 0.25) is 0 Å². The first kappa shape index (κ1) is 21.7. The number of anilines is 2. The number of ether oxygens (including phenoxy) is 1. The Labute approximate surface area is 179 Å². The van der Waals surface area contributed by atoms with Gasteiger partial charge in [-0.25, -0.2) is 4.39 Å².